The van der Waals surface area contributed by atoms with E-state index in [1.165, 1.54) is 4.90 Å². The first-order valence-electron chi connectivity index (χ1n) is 6.16. The van der Waals surface area contributed by atoms with Gasteiger partial charge in [0.25, 0.3) is 0 Å². The topological polar surface area (TPSA) is 73.6 Å². The first-order chi connectivity index (χ1) is 8.24. The lowest BCUT2D eigenvalue weighted by atomic mass is 9.94. The number of nitriles is 1. The summed E-state index contributed by atoms with van der Waals surface area (Å²) in [6, 6.07) is 2.03. The summed E-state index contributed by atoms with van der Waals surface area (Å²) in [6.45, 7) is 2.51. The molecular weight excluding hydrogens is 220 g/mol. The van der Waals surface area contributed by atoms with Gasteiger partial charge >= 0.3 is 6.09 Å². The number of likely N-dealkylation sites (tertiary alicyclic amines) is 1. The number of ether oxygens (including phenoxy) is 1. The van der Waals surface area contributed by atoms with E-state index in [4.69, 9.17) is 15.1 Å². The van der Waals surface area contributed by atoms with Crippen LogP contribution in [0.1, 0.15) is 32.1 Å². The summed E-state index contributed by atoms with van der Waals surface area (Å²) in [5.74, 6) is 0.472. The molecule has 1 amide bonds. The van der Waals surface area contributed by atoms with Crippen molar-refractivity contribution in [1.29, 1.82) is 5.26 Å². The quantitative estimate of drug-likeness (QED) is 0.721. The molecule has 1 atom stereocenters. The van der Waals surface area contributed by atoms with Crippen molar-refractivity contribution in [2.45, 2.75) is 32.1 Å². The predicted octanol–water partition coefficient (Wildman–Crippen LogP) is 2.09. The molecule has 1 N–H and O–H groups in total. The molecule has 96 valence electrons. The van der Waals surface area contributed by atoms with Crippen molar-refractivity contribution in [3.63, 3.8) is 0 Å². The molecule has 1 saturated heterocycles. The van der Waals surface area contributed by atoms with Crippen molar-refractivity contribution in [3.8, 4) is 6.07 Å². The predicted molar refractivity (Wildman–Crippen MR) is 62.6 cm³/mol. The molecule has 5 heteroatoms. The number of piperidine rings is 1. The highest BCUT2D eigenvalue weighted by Gasteiger charge is 2.22. The van der Waals surface area contributed by atoms with Crippen LogP contribution in [0.5, 0.6) is 0 Å². The van der Waals surface area contributed by atoms with Gasteiger partial charge in [0.05, 0.1) is 19.1 Å². The number of nitrogens with zero attached hydrogens (tertiary/aromatic N) is 2. The summed E-state index contributed by atoms with van der Waals surface area (Å²) in [4.78, 5) is 12.3. The lowest BCUT2D eigenvalue weighted by Crippen LogP contribution is -2.39. The second-order valence-corrected chi connectivity index (χ2v) is 4.40. The minimum atomic E-state index is -0.806. The van der Waals surface area contributed by atoms with Gasteiger partial charge < -0.3 is 14.7 Å². The summed E-state index contributed by atoms with van der Waals surface area (Å²) < 4.78 is 5.29. The number of carbonyl (C=O) groups is 1. The third-order valence-corrected chi connectivity index (χ3v) is 3.05. The van der Waals surface area contributed by atoms with Gasteiger partial charge in [-0.3, -0.25) is 0 Å². The molecule has 1 fully saturated rings. The molecular formula is C12H20N2O3. The van der Waals surface area contributed by atoms with E-state index in [9.17, 15) is 4.79 Å². The monoisotopic (exact) mass is 240 g/mol. The molecule has 1 unspecified atom stereocenters. The van der Waals surface area contributed by atoms with Crippen molar-refractivity contribution in [2.24, 2.45) is 5.92 Å². The van der Waals surface area contributed by atoms with Crippen LogP contribution in [0.15, 0.2) is 0 Å². The highest BCUT2D eigenvalue weighted by molar-refractivity contribution is 5.65. The molecule has 17 heavy (non-hydrogen) atoms. The Morgan fingerprint density at radius 3 is 3.06 bits per heavy atom. The Kier molecular flexibility index (Phi) is 6.41. The summed E-state index contributed by atoms with van der Waals surface area (Å²) in [5.41, 5.74) is 0. The lowest BCUT2D eigenvalue weighted by molar-refractivity contribution is 0.107. The second-order valence-electron chi connectivity index (χ2n) is 4.40. The molecule has 0 aromatic carbocycles. The molecule has 0 radical (unpaired) electrons. The van der Waals surface area contributed by atoms with Gasteiger partial charge in [-0.2, -0.15) is 5.26 Å². The first-order valence-corrected chi connectivity index (χ1v) is 6.16. The van der Waals surface area contributed by atoms with Crippen molar-refractivity contribution in [2.75, 3.05) is 26.3 Å². The maximum Gasteiger partial charge on any atom is 0.407 e. The van der Waals surface area contributed by atoms with Crippen molar-refractivity contribution in [1.82, 2.24) is 4.90 Å². The maximum atomic E-state index is 10.8. The van der Waals surface area contributed by atoms with E-state index in [0.29, 0.717) is 38.6 Å². The number of carboxylic acid groups (broad SMARTS) is 1. The van der Waals surface area contributed by atoms with Gasteiger partial charge in [-0.05, 0) is 31.6 Å². The first kappa shape index (κ1) is 13.8. The largest absolute Gasteiger partial charge is 0.465 e. The van der Waals surface area contributed by atoms with Gasteiger partial charge in [0.1, 0.15) is 0 Å². The lowest BCUT2D eigenvalue weighted by Gasteiger charge is -2.30. The third kappa shape index (κ3) is 5.55. The number of amides is 1. The van der Waals surface area contributed by atoms with Crippen LogP contribution < -0.4 is 0 Å². The average Bonchev–Trinajstić information content (AvgIpc) is 2.34. The number of hydrogen-bond donors (Lipinski definition) is 1. The normalized spacial score (nSPS) is 19.9. The molecule has 0 aliphatic carbocycles. The number of rotatable bonds is 6. The zero-order valence-corrected chi connectivity index (χ0v) is 10.1. The standard InChI is InChI=1S/C12H20N2O3/c13-6-3-9-17-8-2-5-11-4-1-7-14(10-11)12(15)16/h11H,1-5,7-10H2,(H,15,16). The molecule has 1 aliphatic rings. The molecule has 1 rings (SSSR count). The number of hydrogen-bond acceptors (Lipinski definition) is 3. The highest BCUT2D eigenvalue weighted by Crippen LogP contribution is 2.20. The average molecular weight is 240 g/mol. The highest BCUT2D eigenvalue weighted by atomic mass is 16.5. The maximum absolute atomic E-state index is 10.8. The fourth-order valence-corrected chi connectivity index (χ4v) is 2.17. The van der Waals surface area contributed by atoms with Crippen LogP contribution in [0.2, 0.25) is 0 Å². The van der Waals surface area contributed by atoms with Crippen LogP contribution in [0.25, 0.3) is 0 Å². The van der Waals surface area contributed by atoms with Gasteiger partial charge in [-0.15, -0.1) is 0 Å². The Morgan fingerprint density at radius 2 is 2.35 bits per heavy atom. The summed E-state index contributed by atoms with van der Waals surface area (Å²) in [5, 5.41) is 17.2. The van der Waals surface area contributed by atoms with Crippen molar-refractivity contribution in [3.05, 3.63) is 0 Å². The van der Waals surface area contributed by atoms with E-state index in [2.05, 4.69) is 0 Å². The third-order valence-electron chi connectivity index (χ3n) is 3.05. The summed E-state index contributed by atoms with van der Waals surface area (Å²) in [7, 11) is 0. The van der Waals surface area contributed by atoms with E-state index in [1.807, 2.05) is 6.07 Å². The second kappa shape index (κ2) is 7.91. The molecule has 5 nitrogen and oxygen atoms in total. The summed E-state index contributed by atoms with van der Waals surface area (Å²) >= 11 is 0. The van der Waals surface area contributed by atoms with Crippen molar-refractivity contribution >= 4 is 6.09 Å². The molecule has 1 aliphatic heterocycles. The van der Waals surface area contributed by atoms with E-state index in [-0.39, 0.29) is 0 Å². The minimum Gasteiger partial charge on any atom is -0.465 e. The van der Waals surface area contributed by atoms with Crippen LogP contribution >= 0.6 is 0 Å². The molecule has 0 saturated carbocycles. The Labute approximate surface area is 102 Å². The Morgan fingerprint density at radius 1 is 1.53 bits per heavy atom. The van der Waals surface area contributed by atoms with Crippen LogP contribution in [0, 0.1) is 17.2 Å². The molecule has 0 spiro atoms. The molecule has 0 aromatic heterocycles. The van der Waals surface area contributed by atoms with E-state index >= 15 is 0 Å². The zero-order chi connectivity index (χ0) is 12.5. The smallest absolute Gasteiger partial charge is 0.407 e. The van der Waals surface area contributed by atoms with Gasteiger partial charge in [-0.25, -0.2) is 4.79 Å². The van der Waals surface area contributed by atoms with Gasteiger partial charge in [0, 0.05) is 19.7 Å². The van der Waals surface area contributed by atoms with E-state index in [1.54, 1.807) is 0 Å². The summed E-state index contributed by atoms with van der Waals surface area (Å²) in [6.07, 6.45) is 3.67. The zero-order valence-electron chi connectivity index (χ0n) is 10.1. The van der Waals surface area contributed by atoms with E-state index < -0.39 is 6.09 Å². The SMILES string of the molecule is N#CCCOCCCC1CCCN(C(=O)O)C1. The van der Waals surface area contributed by atoms with Crippen LogP contribution in [-0.2, 0) is 4.74 Å². The Hall–Kier alpha value is -1.28. The Bertz CT molecular complexity index is 275. The van der Waals surface area contributed by atoms with Crippen molar-refractivity contribution < 1.29 is 14.6 Å². The van der Waals surface area contributed by atoms with Crippen LogP contribution in [-0.4, -0.2) is 42.4 Å². The minimum absolute atomic E-state index is 0.441. The molecule has 0 aromatic rings. The fourth-order valence-electron chi connectivity index (χ4n) is 2.17. The van der Waals surface area contributed by atoms with Gasteiger partial charge in [-0.1, -0.05) is 0 Å². The van der Waals surface area contributed by atoms with Gasteiger partial charge in [0.2, 0.25) is 0 Å². The molecule has 0 bridgehead atoms. The van der Waals surface area contributed by atoms with Crippen LogP contribution in [0.3, 0.4) is 0 Å². The van der Waals surface area contributed by atoms with E-state index in [0.717, 1.165) is 25.7 Å². The van der Waals surface area contributed by atoms with Crippen LogP contribution in [0.4, 0.5) is 4.79 Å². The fraction of sp³-hybridized carbons (Fsp3) is 0.833. The molecule has 1 heterocycles. The van der Waals surface area contributed by atoms with Gasteiger partial charge in [0.15, 0.2) is 0 Å². The Balaban J connectivity index is 2.07.